The lowest BCUT2D eigenvalue weighted by Gasteiger charge is -2.08. The standard InChI is InChI=1S/C27H25ClN4O3/c1-18-3-8-21(28)14-24(18)31-27(34)25-16-32(17-29-25)15-20-4-9-22(10-5-20)30-26(33)13-19-6-11-23(35-2)12-7-19/h3-12,14,16-17H,13,15H2,1-2H3,(H,30,33)(H,31,34). The van der Waals surface area contributed by atoms with Gasteiger partial charge >= 0.3 is 0 Å². The molecular formula is C27H25ClN4O3. The molecule has 2 N–H and O–H groups in total. The van der Waals surface area contributed by atoms with E-state index in [0.717, 1.165) is 28.1 Å². The Morgan fingerprint density at radius 1 is 0.971 bits per heavy atom. The van der Waals surface area contributed by atoms with Crippen molar-refractivity contribution in [3.05, 3.63) is 107 Å². The fourth-order valence-electron chi connectivity index (χ4n) is 3.52. The first-order valence-corrected chi connectivity index (χ1v) is 11.4. The van der Waals surface area contributed by atoms with Gasteiger partial charge in [-0.2, -0.15) is 0 Å². The molecule has 178 valence electrons. The number of imidazole rings is 1. The lowest BCUT2D eigenvalue weighted by atomic mass is 10.1. The Morgan fingerprint density at radius 3 is 2.40 bits per heavy atom. The maximum absolute atomic E-state index is 12.6. The lowest BCUT2D eigenvalue weighted by Crippen LogP contribution is -2.14. The summed E-state index contributed by atoms with van der Waals surface area (Å²) in [5, 5.41) is 6.31. The number of aromatic nitrogens is 2. The van der Waals surface area contributed by atoms with Crippen molar-refractivity contribution in [1.29, 1.82) is 0 Å². The minimum atomic E-state index is -0.302. The molecular weight excluding hydrogens is 464 g/mol. The third-order valence-corrected chi connectivity index (χ3v) is 5.68. The smallest absolute Gasteiger partial charge is 0.275 e. The van der Waals surface area contributed by atoms with Gasteiger partial charge in [0.25, 0.3) is 5.91 Å². The zero-order valence-corrected chi connectivity index (χ0v) is 20.2. The van der Waals surface area contributed by atoms with E-state index in [-0.39, 0.29) is 18.2 Å². The van der Waals surface area contributed by atoms with E-state index in [1.165, 1.54) is 0 Å². The minimum absolute atomic E-state index is 0.0943. The van der Waals surface area contributed by atoms with Crippen LogP contribution in [0.5, 0.6) is 5.75 Å². The Labute approximate surface area is 208 Å². The first kappa shape index (κ1) is 24.0. The second kappa shape index (κ2) is 10.9. The average Bonchev–Trinajstić information content (AvgIpc) is 3.32. The highest BCUT2D eigenvalue weighted by molar-refractivity contribution is 6.31. The highest BCUT2D eigenvalue weighted by Crippen LogP contribution is 2.21. The second-order valence-corrected chi connectivity index (χ2v) is 8.55. The summed E-state index contributed by atoms with van der Waals surface area (Å²) in [6.07, 6.45) is 3.59. The van der Waals surface area contributed by atoms with Crippen LogP contribution in [0.15, 0.2) is 79.3 Å². The van der Waals surface area contributed by atoms with Crippen LogP contribution >= 0.6 is 11.6 Å². The van der Waals surface area contributed by atoms with Gasteiger partial charge in [0.2, 0.25) is 5.91 Å². The molecule has 0 unspecified atom stereocenters. The van der Waals surface area contributed by atoms with E-state index in [2.05, 4.69) is 15.6 Å². The molecule has 0 atom stereocenters. The number of hydrogen-bond donors (Lipinski definition) is 2. The molecule has 0 aliphatic rings. The SMILES string of the molecule is COc1ccc(CC(=O)Nc2ccc(Cn3cnc(C(=O)Nc4cc(Cl)ccc4C)c3)cc2)cc1. The summed E-state index contributed by atoms with van der Waals surface area (Å²) < 4.78 is 6.97. The summed E-state index contributed by atoms with van der Waals surface area (Å²) in [7, 11) is 1.61. The van der Waals surface area contributed by atoms with Gasteiger partial charge in [0.15, 0.2) is 0 Å². The topological polar surface area (TPSA) is 85.2 Å². The highest BCUT2D eigenvalue weighted by atomic mass is 35.5. The summed E-state index contributed by atoms with van der Waals surface area (Å²) >= 11 is 6.03. The first-order chi connectivity index (χ1) is 16.9. The monoisotopic (exact) mass is 488 g/mol. The van der Waals surface area contributed by atoms with E-state index >= 15 is 0 Å². The number of methoxy groups -OCH3 is 1. The van der Waals surface area contributed by atoms with Crippen molar-refractivity contribution in [2.75, 3.05) is 17.7 Å². The van der Waals surface area contributed by atoms with Crippen molar-refractivity contribution in [3.63, 3.8) is 0 Å². The molecule has 1 aromatic heterocycles. The number of nitrogens with one attached hydrogen (secondary N) is 2. The number of benzene rings is 3. The zero-order valence-electron chi connectivity index (χ0n) is 19.4. The maximum Gasteiger partial charge on any atom is 0.275 e. The molecule has 0 aliphatic carbocycles. The van der Waals surface area contributed by atoms with Crippen LogP contribution in [0, 0.1) is 6.92 Å². The van der Waals surface area contributed by atoms with E-state index < -0.39 is 0 Å². The van der Waals surface area contributed by atoms with Crippen LogP contribution in [0.3, 0.4) is 0 Å². The predicted octanol–water partition coefficient (Wildman–Crippen LogP) is 5.34. The van der Waals surface area contributed by atoms with Crippen molar-refractivity contribution in [3.8, 4) is 5.75 Å². The molecule has 0 saturated carbocycles. The average molecular weight is 489 g/mol. The van der Waals surface area contributed by atoms with Crippen LogP contribution in [0.2, 0.25) is 5.02 Å². The Balaban J connectivity index is 1.32. The Hall–Kier alpha value is -4.10. The van der Waals surface area contributed by atoms with Gasteiger partial charge in [-0.1, -0.05) is 41.9 Å². The van der Waals surface area contributed by atoms with E-state index in [0.29, 0.717) is 22.9 Å². The molecule has 0 aliphatic heterocycles. The highest BCUT2D eigenvalue weighted by Gasteiger charge is 2.12. The van der Waals surface area contributed by atoms with Gasteiger partial charge < -0.3 is 19.9 Å². The van der Waals surface area contributed by atoms with E-state index in [1.54, 1.807) is 31.8 Å². The number of amides is 2. The summed E-state index contributed by atoms with van der Waals surface area (Å²) in [5.41, 5.74) is 4.51. The molecule has 4 aromatic rings. The van der Waals surface area contributed by atoms with Crippen molar-refractivity contribution in [2.24, 2.45) is 0 Å². The fourth-order valence-corrected chi connectivity index (χ4v) is 3.69. The number of carbonyl (C=O) groups is 2. The number of ether oxygens (including phenoxy) is 1. The van der Waals surface area contributed by atoms with Crippen LogP contribution in [0.4, 0.5) is 11.4 Å². The predicted molar refractivity (Wildman–Crippen MR) is 137 cm³/mol. The van der Waals surface area contributed by atoms with Gasteiger partial charge in [-0.05, 0) is 60.0 Å². The number of halogens is 1. The summed E-state index contributed by atoms with van der Waals surface area (Å²) in [5.74, 6) is 0.360. The van der Waals surface area contributed by atoms with Crippen molar-refractivity contribution >= 4 is 34.8 Å². The largest absolute Gasteiger partial charge is 0.497 e. The normalized spacial score (nSPS) is 10.6. The molecule has 0 fully saturated rings. The number of hydrogen-bond acceptors (Lipinski definition) is 4. The van der Waals surface area contributed by atoms with Crippen LogP contribution in [0.1, 0.15) is 27.2 Å². The van der Waals surface area contributed by atoms with E-state index in [1.807, 2.05) is 66.1 Å². The maximum atomic E-state index is 12.6. The zero-order chi connectivity index (χ0) is 24.8. The van der Waals surface area contributed by atoms with Gasteiger partial charge in [0.1, 0.15) is 11.4 Å². The van der Waals surface area contributed by atoms with Gasteiger partial charge in [-0.25, -0.2) is 4.98 Å². The van der Waals surface area contributed by atoms with Gasteiger partial charge in [-0.15, -0.1) is 0 Å². The van der Waals surface area contributed by atoms with E-state index in [4.69, 9.17) is 16.3 Å². The van der Waals surface area contributed by atoms with Crippen molar-refractivity contribution in [2.45, 2.75) is 19.9 Å². The molecule has 0 saturated heterocycles. The number of aryl methyl sites for hydroxylation is 1. The molecule has 0 spiro atoms. The molecule has 8 heteroatoms. The molecule has 0 radical (unpaired) electrons. The van der Waals surface area contributed by atoms with Crippen molar-refractivity contribution < 1.29 is 14.3 Å². The second-order valence-electron chi connectivity index (χ2n) is 8.11. The van der Waals surface area contributed by atoms with Crippen LogP contribution in [-0.2, 0) is 17.8 Å². The van der Waals surface area contributed by atoms with Crippen molar-refractivity contribution in [1.82, 2.24) is 9.55 Å². The summed E-state index contributed by atoms with van der Waals surface area (Å²) in [6, 6.07) is 20.3. The fraction of sp³-hybridized carbons (Fsp3) is 0.148. The van der Waals surface area contributed by atoms with Crippen LogP contribution < -0.4 is 15.4 Å². The molecule has 7 nitrogen and oxygen atoms in total. The van der Waals surface area contributed by atoms with Crippen LogP contribution in [-0.4, -0.2) is 28.5 Å². The third-order valence-electron chi connectivity index (χ3n) is 5.44. The number of nitrogens with zero attached hydrogens (tertiary/aromatic N) is 2. The molecule has 0 bridgehead atoms. The molecule has 2 amide bonds. The minimum Gasteiger partial charge on any atom is -0.497 e. The number of rotatable bonds is 8. The van der Waals surface area contributed by atoms with Gasteiger partial charge in [0, 0.05) is 29.1 Å². The molecule has 4 rings (SSSR count). The van der Waals surface area contributed by atoms with Gasteiger partial charge in [-0.3, -0.25) is 9.59 Å². The van der Waals surface area contributed by atoms with Crippen LogP contribution in [0.25, 0.3) is 0 Å². The van der Waals surface area contributed by atoms with Gasteiger partial charge in [0.05, 0.1) is 19.9 Å². The lowest BCUT2D eigenvalue weighted by molar-refractivity contribution is -0.115. The molecule has 35 heavy (non-hydrogen) atoms. The number of carbonyl (C=O) groups excluding carboxylic acids is 2. The Bertz CT molecular complexity index is 1330. The summed E-state index contributed by atoms with van der Waals surface area (Å²) in [6.45, 7) is 2.44. The third kappa shape index (κ3) is 6.49. The molecule has 3 aromatic carbocycles. The number of anilines is 2. The first-order valence-electron chi connectivity index (χ1n) is 11.0. The van der Waals surface area contributed by atoms with E-state index in [9.17, 15) is 9.59 Å². The molecule has 1 heterocycles. The summed E-state index contributed by atoms with van der Waals surface area (Å²) in [4.78, 5) is 29.1. The Morgan fingerprint density at radius 2 is 1.69 bits per heavy atom. The Kier molecular flexibility index (Phi) is 7.48. The quantitative estimate of drug-likeness (QED) is 0.351.